The third-order valence-corrected chi connectivity index (χ3v) is 1.85. The number of hydrogen-bond donors (Lipinski definition) is 1. The average Bonchev–Trinajstić information content (AvgIpc) is 2.09. The molecular weight excluding hydrogens is 171 g/mol. The summed E-state index contributed by atoms with van der Waals surface area (Å²) in [4.78, 5) is 17.5. The Kier molecular flexibility index (Phi) is 1.62. The Morgan fingerprint density at radius 2 is 2.23 bits per heavy atom. The van der Waals surface area contributed by atoms with Crippen LogP contribution in [0.3, 0.4) is 0 Å². The van der Waals surface area contributed by atoms with E-state index in [-0.39, 0.29) is 11.1 Å². The number of para-hydroxylation sites is 1. The van der Waals surface area contributed by atoms with Crippen LogP contribution in [0, 0.1) is 12.7 Å². The Labute approximate surface area is 73.2 Å². The first-order valence-corrected chi connectivity index (χ1v) is 3.83. The van der Waals surface area contributed by atoms with E-state index in [0.29, 0.717) is 11.2 Å². The summed E-state index contributed by atoms with van der Waals surface area (Å²) in [6.07, 6.45) is 0. The van der Waals surface area contributed by atoms with Crippen molar-refractivity contribution in [1.82, 2.24) is 9.97 Å². The summed E-state index contributed by atoms with van der Waals surface area (Å²) < 4.78 is 13.1. The van der Waals surface area contributed by atoms with Crippen LogP contribution in [0.25, 0.3) is 11.0 Å². The molecule has 0 aliphatic carbocycles. The van der Waals surface area contributed by atoms with E-state index in [2.05, 4.69) is 9.97 Å². The zero-order chi connectivity index (χ0) is 9.42. The van der Waals surface area contributed by atoms with Crippen molar-refractivity contribution in [3.05, 3.63) is 40.1 Å². The Morgan fingerprint density at radius 3 is 3.00 bits per heavy atom. The molecule has 2 rings (SSSR count). The molecule has 0 radical (unpaired) electrons. The molecule has 0 unspecified atom stereocenters. The van der Waals surface area contributed by atoms with Crippen LogP contribution in [0.5, 0.6) is 0 Å². The SMILES string of the molecule is Cc1nc2cccc(F)c2[nH]c1=O. The number of aromatic amines is 1. The van der Waals surface area contributed by atoms with Crippen molar-refractivity contribution in [2.24, 2.45) is 0 Å². The van der Waals surface area contributed by atoms with Gasteiger partial charge in [0.05, 0.1) is 5.52 Å². The number of nitrogens with zero attached hydrogens (tertiary/aromatic N) is 1. The monoisotopic (exact) mass is 178 g/mol. The minimum atomic E-state index is -0.456. The Balaban J connectivity index is 2.97. The molecule has 3 nitrogen and oxygen atoms in total. The van der Waals surface area contributed by atoms with Crippen molar-refractivity contribution >= 4 is 11.0 Å². The maximum Gasteiger partial charge on any atom is 0.269 e. The van der Waals surface area contributed by atoms with Gasteiger partial charge in [0, 0.05) is 0 Å². The second kappa shape index (κ2) is 2.65. The summed E-state index contributed by atoms with van der Waals surface area (Å²) in [6, 6.07) is 4.50. The molecule has 1 N–H and O–H groups in total. The lowest BCUT2D eigenvalue weighted by atomic mass is 10.3. The highest BCUT2D eigenvalue weighted by atomic mass is 19.1. The molecule has 0 saturated heterocycles. The predicted molar refractivity (Wildman–Crippen MR) is 47.1 cm³/mol. The zero-order valence-electron chi connectivity index (χ0n) is 6.97. The fraction of sp³-hybridized carbons (Fsp3) is 0.111. The van der Waals surface area contributed by atoms with Gasteiger partial charge in [-0.25, -0.2) is 9.37 Å². The summed E-state index contributed by atoms with van der Waals surface area (Å²) in [5, 5.41) is 0. The number of H-pyrrole nitrogens is 1. The summed E-state index contributed by atoms with van der Waals surface area (Å²) in [5.74, 6) is -0.456. The number of rotatable bonds is 0. The number of halogens is 1. The van der Waals surface area contributed by atoms with Gasteiger partial charge in [-0.3, -0.25) is 4.79 Å². The molecule has 0 bridgehead atoms. The van der Waals surface area contributed by atoms with Gasteiger partial charge in [-0.2, -0.15) is 0 Å². The fourth-order valence-corrected chi connectivity index (χ4v) is 1.17. The molecule has 13 heavy (non-hydrogen) atoms. The minimum absolute atomic E-state index is 0.165. The Bertz CT molecular complexity index is 518. The zero-order valence-corrected chi connectivity index (χ0v) is 6.97. The van der Waals surface area contributed by atoms with Gasteiger partial charge in [0.2, 0.25) is 0 Å². The number of aromatic nitrogens is 2. The second-order valence-corrected chi connectivity index (χ2v) is 2.79. The molecule has 0 atom stereocenters. The van der Waals surface area contributed by atoms with Crippen LogP contribution < -0.4 is 5.56 Å². The predicted octanol–water partition coefficient (Wildman–Crippen LogP) is 1.37. The maximum absolute atomic E-state index is 13.1. The lowest BCUT2D eigenvalue weighted by Crippen LogP contribution is -2.12. The van der Waals surface area contributed by atoms with E-state index in [1.54, 1.807) is 19.1 Å². The molecule has 0 saturated carbocycles. The summed E-state index contributed by atoms with van der Waals surface area (Å²) in [5.41, 5.74) is 0.630. The first kappa shape index (κ1) is 7.91. The standard InChI is InChI=1S/C9H7FN2O/c1-5-9(13)12-8-6(10)3-2-4-7(8)11-5/h2-4H,1H3,(H,12,13). The first-order chi connectivity index (χ1) is 6.18. The van der Waals surface area contributed by atoms with Crippen LogP contribution in [0.1, 0.15) is 5.69 Å². The number of nitrogens with one attached hydrogen (secondary N) is 1. The van der Waals surface area contributed by atoms with E-state index >= 15 is 0 Å². The number of hydrogen-bond acceptors (Lipinski definition) is 2. The quantitative estimate of drug-likeness (QED) is 0.662. The van der Waals surface area contributed by atoms with Crippen LogP contribution in [-0.2, 0) is 0 Å². The van der Waals surface area contributed by atoms with Gasteiger partial charge in [-0.1, -0.05) is 6.07 Å². The Morgan fingerprint density at radius 1 is 1.46 bits per heavy atom. The van der Waals surface area contributed by atoms with Gasteiger partial charge < -0.3 is 4.98 Å². The highest BCUT2D eigenvalue weighted by Crippen LogP contribution is 2.10. The van der Waals surface area contributed by atoms with E-state index in [9.17, 15) is 9.18 Å². The van der Waals surface area contributed by atoms with Crippen molar-refractivity contribution in [2.75, 3.05) is 0 Å². The smallest absolute Gasteiger partial charge is 0.269 e. The molecule has 1 aromatic heterocycles. The third-order valence-electron chi connectivity index (χ3n) is 1.85. The van der Waals surface area contributed by atoms with Crippen LogP contribution in [0.2, 0.25) is 0 Å². The average molecular weight is 178 g/mol. The van der Waals surface area contributed by atoms with Crippen LogP contribution in [0.4, 0.5) is 4.39 Å². The van der Waals surface area contributed by atoms with E-state index in [4.69, 9.17) is 0 Å². The van der Waals surface area contributed by atoms with E-state index in [1.165, 1.54) is 6.07 Å². The number of aryl methyl sites for hydroxylation is 1. The van der Waals surface area contributed by atoms with Gasteiger partial charge in [0.1, 0.15) is 17.0 Å². The highest BCUT2D eigenvalue weighted by molar-refractivity contribution is 5.74. The van der Waals surface area contributed by atoms with Crippen LogP contribution in [0.15, 0.2) is 23.0 Å². The largest absolute Gasteiger partial charge is 0.317 e. The van der Waals surface area contributed by atoms with Gasteiger partial charge in [-0.15, -0.1) is 0 Å². The summed E-state index contributed by atoms with van der Waals surface area (Å²) >= 11 is 0. The van der Waals surface area contributed by atoms with Crippen molar-refractivity contribution in [1.29, 1.82) is 0 Å². The lowest BCUT2D eigenvalue weighted by molar-refractivity contribution is 0.636. The molecule has 2 aromatic rings. The normalized spacial score (nSPS) is 10.6. The Hall–Kier alpha value is -1.71. The fourth-order valence-electron chi connectivity index (χ4n) is 1.17. The van der Waals surface area contributed by atoms with Crippen molar-refractivity contribution < 1.29 is 4.39 Å². The molecule has 0 amide bonds. The molecule has 0 aliphatic rings. The highest BCUT2D eigenvalue weighted by Gasteiger charge is 2.03. The molecule has 0 aliphatic heterocycles. The van der Waals surface area contributed by atoms with Crippen molar-refractivity contribution in [2.45, 2.75) is 6.92 Å². The lowest BCUT2D eigenvalue weighted by Gasteiger charge is -1.98. The van der Waals surface area contributed by atoms with E-state index in [0.717, 1.165) is 0 Å². The molecule has 4 heteroatoms. The van der Waals surface area contributed by atoms with Gasteiger partial charge in [0.25, 0.3) is 5.56 Å². The summed E-state index contributed by atoms with van der Waals surface area (Å²) in [6.45, 7) is 1.59. The number of fused-ring (bicyclic) bond motifs is 1. The van der Waals surface area contributed by atoms with Gasteiger partial charge in [0.15, 0.2) is 0 Å². The maximum atomic E-state index is 13.1. The van der Waals surface area contributed by atoms with Crippen molar-refractivity contribution in [3.8, 4) is 0 Å². The topological polar surface area (TPSA) is 45.8 Å². The van der Waals surface area contributed by atoms with E-state index in [1.807, 2.05) is 0 Å². The molecule has 0 spiro atoms. The minimum Gasteiger partial charge on any atom is -0.317 e. The summed E-state index contributed by atoms with van der Waals surface area (Å²) in [7, 11) is 0. The van der Waals surface area contributed by atoms with Crippen LogP contribution >= 0.6 is 0 Å². The molecule has 0 fully saturated rings. The molecular formula is C9H7FN2O. The third kappa shape index (κ3) is 1.20. The van der Waals surface area contributed by atoms with Gasteiger partial charge in [-0.05, 0) is 19.1 Å². The molecule has 1 heterocycles. The number of benzene rings is 1. The first-order valence-electron chi connectivity index (χ1n) is 3.83. The van der Waals surface area contributed by atoms with Crippen molar-refractivity contribution in [3.63, 3.8) is 0 Å². The van der Waals surface area contributed by atoms with E-state index < -0.39 is 5.82 Å². The molecule has 66 valence electrons. The molecule has 1 aromatic carbocycles. The second-order valence-electron chi connectivity index (χ2n) is 2.79. The van der Waals surface area contributed by atoms with Gasteiger partial charge >= 0.3 is 0 Å². The van der Waals surface area contributed by atoms with Crippen LogP contribution in [-0.4, -0.2) is 9.97 Å².